The predicted octanol–water partition coefficient (Wildman–Crippen LogP) is 1.87. The molecule has 1 saturated heterocycles. The first-order chi connectivity index (χ1) is 8.11. The Kier molecular flexibility index (Phi) is 4.07. The quantitative estimate of drug-likeness (QED) is 0.810. The molecule has 0 radical (unpaired) electrons. The van der Waals surface area contributed by atoms with Gasteiger partial charge in [-0.15, -0.1) is 0 Å². The van der Waals surface area contributed by atoms with Crippen LogP contribution in [-0.2, 0) is 9.59 Å². The van der Waals surface area contributed by atoms with E-state index >= 15 is 0 Å². The predicted molar refractivity (Wildman–Crippen MR) is 67.0 cm³/mol. The van der Waals surface area contributed by atoms with Gasteiger partial charge in [0.2, 0.25) is 5.91 Å². The molecular formula is C12H18BrNO3. The van der Waals surface area contributed by atoms with Crippen molar-refractivity contribution in [2.24, 2.45) is 11.8 Å². The van der Waals surface area contributed by atoms with E-state index in [0.29, 0.717) is 18.8 Å². The number of aliphatic carboxylic acids is 1. The first kappa shape index (κ1) is 12.9. The van der Waals surface area contributed by atoms with E-state index in [2.05, 4.69) is 15.9 Å². The molecule has 1 amide bonds. The van der Waals surface area contributed by atoms with Gasteiger partial charge in [-0.1, -0.05) is 22.4 Å². The van der Waals surface area contributed by atoms with E-state index in [1.165, 1.54) is 0 Å². The third-order valence-corrected chi connectivity index (χ3v) is 4.81. The Morgan fingerprint density at radius 2 is 2.24 bits per heavy atom. The lowest BCUT2D eigenvalue weighted by Gasteiger charge is -2.34. The minimum atomic E-state index is -0.710. The van der Waals surface area contributed by atoms with Crippen LogP contribution in [0.3, 0.4) is 0 Å². The first-order valence-corrected chi connectivity index (χ1v) is 7.32. The molecule has 1 N–H and O–H groups in total. The Bertz CT molecular complexity index is 321. The van der Waals surface area contributed by atoms with Crippen LogP contribution >= 0.6 is 15.9 Å². The lowest BCUT2D eigenvalue weighted by Crippen LogP contribution is -2.41. The third-order valence-electron chi connectivity index (χ3n) is 3.89. The van der Waals surface area contributed by atoms with Crippen molar-refractivity contribution in [3.63, 3.8) is 0 Å². The van der Waals surface area contributed by atoms with Crippen LogP contribution < -0.4 is 0 Å². The Morgan fingerprint density at radius 1 is 1.47 bits per heavy atom. The number of hydrogen-bond donors (Lipinski definition) is 1. The second-order valence-electron chi connectivity index (χ2n) is 5.13. The monoisotopic (exact) mass is 303 g/mol. The molecular weight excluding hydrogens is 286 g/mol. The third kappa shape index (κ3) is 2.81. The van der Waals surface area contributed by atoms with Crippen LogP contribution in [-0.4, -0.2) is 39.8 Å². The lowest BCUT2D eigenvalue weighted by molar-refractivity contribution is -0.144. The van der Waals surface area contributed by atoms with E-state index in [1.807, 2.05) is 4.90 Å². The highest BCUT2D eigenvalue weighted by atomic mass is 79.9. The molecule has 1 heterocycles. The number of halogens is 1. The number of likely N-dealkylation sites (tertiary alicyclic amines) is 1. The van der Waals surface area contributed by atoms with Gasteiger partial charge in [-0.05, 0) is 25.2 Å². The molecule has 0 aromatic rings. The standard InChI is InChI=1S/C12H18BrNO3/c13-6-8-4-11(15)14(7-8)10-3-1-2-9(5-10)12(16)17/h8-10H,1-7H2,(H,16,17). The van der Waals surface area contributed by atoms with Crippen LogP contribution in [0.15, 0.2) is 0 Å². The molecule has 3 atom stereocenters. The summed E-state index contributed by atoms with van der Waals surface area (Å²) < 4.78 is 0. The Balaban J connectivity index is 1.98. The fourth-order valence-electron chi connectivity index (χ4n) is 2.94. The average Bonchev–Trinajstić information content (AvgIpc) is 2.71. The van der Waals surface area contributed by atoms with Crippen LogP contribution in [0.5, 0.6) is 0 Å². The van der Waals surface area contributed by atoms with Gasteiger partial charge in [-0.3, -0.25) is 9.59 Å². The molecule has 17 heavy (non-hydrogen) atoms. The Morgan fingerprint density at radius 3 is 2.82 bits per heavy atom. The fourth-order valence-corrected chi connectivity index (χ4v) is 3.37. The molecule has 0 spiro atoms. The van der Waals surface area contributed by atoms with Gasteiger partial charge in [-0.25, -0.2) is 0 Å². The van der Waals surface area contributed by atoms with Crippen molar-refractivity contribution in [2.45, 2.75) is 38.1 Å². The SMILES string of the molecule is O=C(O)C1CCCC(N2CC(CBr)CC2=O)C1. The highest BCUT2D eigenvalue weighted by molar-refractivity contribution is 9.09. The van der Waals surface area contributed by atoms with Crippen LogP contribution in [0.4, 0.5) is 0 Å². The van der Waals surface area contributed by atoms with E-state index in [1.54, 1.807) is 0 Å². The van der Waals surface area contributed by atoms with Crippen molar-refractivity contribution in [2.75, 3.05) is 11.9 Å². The second-order valence-corrected chi connectivity index (χ2v) is 5.77. The van der Waals surface area contributed by atoms with Gasteiger partial charge in [0.25, 0.3) is 0 Å². The molecule has 2 rings (SSSR count). The largest absolute Gasteiger partial charge is 0.481 e. The number of alkyl halides is 1. The van der Waals surface area contributed by atoms with E-state index in [9.17, 15) is 9.59 Å². The van der Waals surface area contributed by atoms with Crippen molar-refractivity contribution >= 4 is 27.8 Å². The molecule has 1 aliphatic heterocycles. The molecule has 2 fully saturated rings. The summed E-state index contributed by atoms with van der Waals surface area (Å²) in [5, 5.41) is 9.90. The molecule has 5 heteroatoms. The maximum Gasteiger partial charge on any atom is 0.306 e. The molecule has 96 valence electrons. The fraction of sp³-hybridized carbons (Fsp3) is 0.833. The number of hydrogen-bond acceptors (Lipinski definition) is 2. The summed E-state index contributed by atoms with van der Waals surface area (Å²) in [7, 11) is 0. The number of carboxylic acid groups (broad SMARTS) is 1. The topological polar surface area (TPSA) is 57.6 Å². The van der Waals surface area contributed by atoms with Gasteiger partial charge in [-0.2, -0.15) is 0 Å². The zero-order chi connectivity index (χ0) is 12.4. The number of rotatable bonds is 3. The number of carbonyl (C=O) groups excluding carboxylic acids is 1. The summed E-state index contributed by atoms with van der Waals surface area (Å²) >= 11 is 3.42. The summed E-state index contributed by atoms with van der Waals surface area (Å²) in [6, 6.07) is 0.154. The molecule has 3 unspecified atom stereocenters. The summed E-state index contributed by atoms with van der Waals surface area (Å²) in [4.78, 5) is 24.8. The molecule has 0 aromatic heterocycles. The minimum absolute atomic E-state index is 0.154. The molecule has 1 aliphatic carbocycles. The van der Waals surface area contributed by atoms with Gasteiger partial charge < -0.3 is 10.0 Å². The van der Waals surface area contributed by atoms with Gasteiger partial charge in [0.05, 0.1) is 5.92 Å². The van der Waals surface area contributed by atoms with Crippen molar-refractivity contribution in [1.82, 2.24) is 4.90 Å². The maximum absolute atomic E-state index is 11.9. The zero-order valence-corrected chi connectivity index (χ0v) is 11.4. The van der Waals surface area contributed by atoms with Crippen molar-refractivity contribution in [1.29, 1.82) is 0 Å². The van der Waals surface area contributed by atoms with Gasteiger partial charge >= 0.3 is 5.97 Å². The number of nitrogens with zero attached hydrogens (tertiary/aromatic N) is 1. The normalized spacial score (nSPS) is 34.1. The summed E-state index contributed by atoms with van der Waals surface area (Å²) in [6.45, 7) is 0.793. The van der Waals surface area contributed by atoms with Crippen molar-refractivity contribution in [3.05, 3.63) is 0 Å². The van der Waals surface area contributed by atoms with Gasteiger partial charge in [0.15, 0.2) is 0 Å². The summed E-state index contributed by atoms with van der Waals surface area (Å²) in [5.74, 6) is -0.374. The second kappa shape index (κ2) is 5.38. The van der Waals surface area contributed by atoms with Crippen LogP contribution in [0.25, 0.3) is 0 Å². The maximum atomic E-state index is 11.9. The van der Waals surface area contributed by atoms with Gasteiger partial charge in [0.1, 0.15) is 0 Å². The van der Waals surface area contributed by atoms with Crippen molar-refractivity contribution in [3.8, 4) is 0 Å². The van der Waals surface area contributed by atoms with Crippen LogP contribution in [0.2, 0.25) is 0 Å². The summed E-state index contributed by atoms with van der Waals surface area (Å²) in [6.07, 6.45) is 3.89. The zero-order valence-electron chi connectivity index (χ0n) is 9.77. The van der Waals surface area contributed by atoms with Crippen molar-refractivity contribution < 1.29 is 14.7 Å². The van der Waals surface area contributed by atoms with E-state index in [0.717, 1.165) is 31.1 Å². The average molecular weight is 304 g/mol. The lowest BCUT2D eigenvalue weighted by atomic mass is 9.85. The van der Waals surface area contributed by atoms with E-state index in [4.69, 9.17) is 5.11 Å². The molecule has 2 aliphatic rings. The number of carboxylic acids is 1. The highest BCUT2D eigenvalue weighted by Gasteiger charge is 2.37. The molecule has 0 aromatic carbocycles. The smallest absolute Gasteiger partial charge is 0.306 e. The highest BCUT2D eigenvalue weighted by Crippen LogP contribution is 2.32. The molecule has 0 bridgehead atoms. The number of carbonyl (C=O) groups is 2. The number of amides is 1. The van der Waals surface area contributed by atoms with E-state index < -0.39 is 5.97 Å². The Labute approximate surface area is 109 Å². The first-order valence-electron chi connectivity index (χ1n) is 6.20. The Hall–Kier alpha value is -0.580. The minimum Gasteiger partial charge on any atom is -0.481 e. The molecule has 1 saturated carbocycles. The molecule has 4 nitrogen and oxygen atoms in total. The van der Waals surface area contributed by atoms with Crippen LogP contribution in [0.1, 0.15) is 32.1 Å². The van der Waals surface area contributed by atoms with E-state index in [-0.39, 0.29) is 17.9 Å². The van der Waals surface area contributed by atoms with Crippen LogP contribution in [0, 0.1) is 11.8 Å². The van der Waals surface area contributed by atoms with Gasteiger partial charge in [0, 0.05) is 24.3 Å². The summed E-state index contributed by atoms with van der Waals surface area (Å²) in [5.41, 5.74) is 0.